The Morgan fingerprint density at radius 3 is 2.56 bits per heavy atom. The second kappa shape index (κ2) is 9.99. The van der Waals surface area contributed by atoms with E-state index in [-0.39, 0.29) is 11.9 Å². The Morgan fingerprint density at radius 2 is 1.91 bits per heavy atom. The molecular weight excluding hydrogens is 452 g/mol. The standard InChI is InChI=1S/C24H31ClN8O/c1-13-10-20(14(2)9-18(13)17-5-7-33(8-6-17)16(4)22(26)34)28-24-27-12-19(25)23(30-24)29-21-11-15(3)31-32-21/h9-12,16-17H,5-8H2,1-4H3,(H2,26,34)(H3,27,28,29,30,31,32). The summed E-state index contributed by atoms with van der Waals surface area (Å²) < 4.78 is 0. The number of aryl methyl sites for hydroxylation is 3. The van der Waals surface area contributed by atoms with E-state index in [0.29, 0.717) is 28.5 Å². The van der Waals surface area contributed by atoms with Crippen LogP contribution in [0.25, 0.3) is 0 Å². The monoisotopic (exact) mass is 482 g/mol. The molecule has 1 fully saturated rings. The number of carbonyl (C=O) groups excluding carboxylic acids is 1. The molecule has 5 N–H and O–H groups in total. The summed E-state index contributed by atoms with van der Waals surface area (Å²) in [5, 5.41) is 13.9. The number of amides is 1. The number of primary amides is 1. The molecule has 3 aromatic rings. The van der Waals surface area contributed by atoms with E-state index in [9.17, 15) is 4.79 Å². The van der Waals surface area contributed by atoms with Gasteiger partial charge in [0.1, 0.15) is 5.02 Å². The summed E-state index contributed by atoms with van der Waals surface area (Å²) >= 11 is 6.28. The van der Waals surface area contributed by atoms with Crippen molar-refractivity contribution in [1.29, 1.82) is 0 Å². The van der Waals surface area contributed by atoms with E-state index in [0.717, 1.165) is 42.9 Å². The highest BCUT2D eigenvalue weighted by Gasteiger charge is 2.27. The van der Waals surface area contributed by atoms with Crippen molar-refractivity contribution in [2.24, 2.45) is 5.73 Å². The molecule has 180 valence electrons. The first-order chi connectivity index (χ1) is 16.2. The number of benzene rings is 1. The quantitative estimate of drug-likeness (QED) is 0.395. The minimum absolute atomic E-state index is 0.217. The van der Waals surface area contributed by atoms with E-state index < -0.39 is 0 Å². The summed E-state index contributed by atoms with van der Waals surface area (Å²) in [5.41, 5.74) is 11.0. The Hall–Kier alpha value is -3.17. The Bertz CT molecular complexity index is 1190. The number of H-pyrrole nitrogens is 1. The third-order valence-electron chi connectivity index (χ3n) is 6.48. The van der Waals surface area contributed by atoms with Crippen LogP contribution in [-0.4, -0.2) is 50.1 Å². The number of nitrogens with one attached hydrogen (secondary N) is 3. The molecule has 3 heterocycles. The van der Waals surface area contributed by atoms with Crippen LogP contribution in [0, 0.1) is 20.8 Å². The van der Waals surface area contributed by atoms with Gasteiger partial charge in [0, 0.05) is 17.4 Å². The van der Waals surface area contributed by atoms with Crippen molar-refractivity contribution in [1.82, 2.24) is 25.1 Å². The minimum Gasteiger partial charge on any atom is -0.368 e. The van der Waals surface area contributed by atoms with Crippen LogP contribution in [0.1, 0.15) is 48.1 Å². The highest BCUT2D eigenvalue weighted by atomic mass is 35.5. The van der Waals surface area contributed by atoms with Crippen LogP contribution in [0.2, 0.25) is 5.02 Å². The second-order valence-electron chi connectivity index (χ2n) is 8.99. The predicted octanol–water partition coefficient (Wildman–Crippen LogP) is 4.32. The average molecular weight is 483 g/mol. The van der Waals surface area contributed by atoms with Gasteiger partial charge >= 0.3 is 0 Å². The molecule has 0 bridgehead atoms. The zero-order valence-corrected chi connectivity index (χ0v) is 20.7. The van der Waals surface area contributed by atoms with Gasteiger partial charge in [-0.1, -0.05) is 17.7 Å². The van der Waals surface area contributed by atoms with Gasteiger partial charge in [-0.05, 0) is 82.3 Å². The van der Waals surface area contributed by atoms with Gasteiger partial charge in [0.25, 0.3) is 0 Å². The fourth-order valence-electron chi connectivity index (χ4n) is 4.43. The number of hydrogen-bond acceptors (Lipinski definition) is 7. The summed E-state index contributed by atoms with van der Waals surface area (Å²) in [7, 11) is 0. The molecule has 1 atom stereocenters. The molecule has 1 amide bonds. The minimum atomic E-state index is -0.261. The SMILES string of the molecule is Cc1cc(Nc2nc(Nc3cc(C)c(C4CCN(C(C)C(N)=O)CC4)cc3C)ncc2Cl)n[nH]1. The number of piperidine rings is 1. The lowest BCUT2D eigenvalue weighted by Crippen LogP contribution is -2.46. The van der Waals surface area contributed by atoms with Gasteiger partial charge in [0.05, 0.1) is 12.2 Å². The Kier molecular flexibility index (Phi) is 7.04. The van der Waals surface area contributed by atoms with Crippen molar-refractivity contribution >= 4 is 40.8 Å². The first-order valence-corrected chi connectivity index (χ1v) is 11.8. The molecule has 34 heavy (non-hydrogen) atoms. The van der Waals surface area contributed by atoms with Gasteiger partial charge in [-0.3, -0.25) is 14.8 Å². The number of hydrogen-bond donors (Lipinski definition) is 4. The predicted molar refractivity (Wildman–Crippen MR) is 135 cm³/mol. The van der Waals surface area contributed by atoms with Gasteiger partial charge in [0.15, 0.2) is 11.6 Å². The van der Waals surface area contributed by atoms with Crippen molar-refractivity contribution in [2.75, 3.05) is 23.7 Å². The molecule has 1 unspecified atom stereocenters. The number of aromatic nitrogens is 4. The highest BCUT2D eigenvalue weighted by Crippen LogP contribution is 2.34. The van der Waals surface area contributed by atoms with Crippen molar-refractivity contribution in [3.8, 4) is 0 Å². The summed E-state index contributed by atoms with van der Waals surface area (Å²) in [6, 6.07) is 6.05. The molecule has 1 saturated heterocycles. The fraction of sp³-hybridized carbons (Fsp3) is 0.417. The maximum Gasteiger partial charge on any atom is 0.234 e. The summed E-state index contributed by atoms with van der Waals surface area (Å²) in [4.78, 5) is 22.6. The Morgan fingerprint density at radius 1 is 1.18 bits per heavy atom. The first-order valence-electron chi connectivity index (χ1n) is 11.4. The van der Waals surface area contributed by atoms with E-state index in [1.165, 1.54) is 11.1 Å². The van der Waals surface area contributed by atoms with E-state index >= 15 is 0 Å². The summed E-state index contributed by atoms with van der Waals surface area (Å²) in [6.07, 6.45) is 3.58. The molecule has 0 radical (unpaired) electrons. The van der Waals surface area contributed by atoms with Gasteiger partial charge in [-0.25, -0.2) is 4.98 Å². The van der Waals surface area contributed by atoms with Crippen molar-refractivity contribution in [3.63, 3.8) is 0 Å². The molecule has 10 heteroatoms. The number of rotatable bonds is 7. The zero-order chi connectivity index (χ0) is 24.4. The van der Waals surface area contributed by atoms with Crippen LogP contribution in [0.4, 0.5) is 23.3 Å². The number of likely N-dealkylation sites (tertiary alicyclic amines) is 1. The molecule has 1 aromatic carbocycles. The maximum absolute atomic E-state index is 11.5. The van der Waals surface area contributed by atoms with Gasteiger partial charge in [-0.15, -0.1) is 0 Å². The summed E-state index contributed by atoms with van der Waals surface area (Å²) in [6.45, 7) is 9.76. The van der Waals surface area contributed by atoms with Crippen LogP contribution in [0.3, 0.4) is 0 Å². The number of halogens is 1. The first kappa shape index (κ1) is 24.0. The molecule has 1 aliphatic heterocycles. The number of nitrogens with two attached hydrogens (primary N) is 1. The Balaban J connectivity index is 1.47. The van der Waals surface area contributed by atoms with E-state index in [1.54, 1.807) is 6.20 Å². The van der Waals surface area contributed by atoms with Gasteiger partial charge < -0.3 is 16.4 Å². The van der Waals surface area contributed by atoms with Gasteiger partial charge in [0.2, 0.25) is 11.9 Å². The fourth-order valence-corrected chi connectivity index (χ4v) is 4.57. The van der Waals surface area contributed by atoms with Crippen molar-refractivity contribution in [3.05, 3.63) is 51.8 Å². The lowest BCUT2D eigenvalue weighted by Gasteiger charge is -2.35. The highest BCUT2D eigenvalue weighted by molar-refractivity contribution is 6.32. The van der Waals surface area contributed by atoms with Crippen LogP contribution in [0.5, 0.6) is 0 Å². The van der Waals surface area contributed by atoms with Crippen LogP contribution in [-0.2, 0) is 4.79 Å². The van der Waals surface area contributed by atoms with E-state index in [1.807, 2.05) is 19.9 Å². The normalized spacial score (nSPS) is 15.8. The molecule has 0 spiro atoms. The largest absolute Gasteiger partial charge is 0.368 e. The van der Waals surface area contributed by atoms with E-state index in [2.05, 4.69) is 61.7 Å². The summed E-state index contributed by atoms with van der Waals surface area (Å²) in [5.74, 6) is 1.76. The second-order valence-corrected chi connectivity index (χ2v) is 9.40. The average Bonchev–Trinajstić information content (AvgIpc) is 3.22. The molecule has 0 saturated carbocycles. The van der Waals surface area contributed by atoms with Crippen molar-refractivity contribution < 1.29 is 4.79 Å². The molecular formula is C24H31ClN8O. The smallest absolute Gasteiger partial charge is 0.234 e. The van der Waals surface area contributed by atoms with Crippen LogP contribution in [0.15, 0.2) is 24.4 Å². The third kappa shape index (κ3) is 5.31. The third-order valence-corrected chi connectivity index (χ3v) is 6.76. The molecule has 2 aromatic heterocycles. The Labute approximate surface area is 204 Å². The van der Waals surface area contributed by atoms with Crippen LogP contribution < -0.4 is 16.4 Å². The number of anilines is 4. The van der Waals surface area contributed by atoms with Crippen molar-refractivity contribution in [2.45, 2.75) is 52.5 Å². The zero-order valence-electron chi connectivity index (χ0n) is 19.9. The topological polar surface area (TPSA) is 125 Å². The molecule has 0 aliphatic carbocycles. The lowest BCUT2D eigenvalue weighted by molar-refractivity contribution is -0.123. The lowest BCUT2D eigenvalue weighted by atomic mass is 9.85. The molecule has 1 aliphatic rings. The molecule has 9 nitrogen and oxygen atoms in total. The van der Waals surface area contributed by atoms with Crippen LogP contribution >= 0.6 is 11.6 Å². The number of nitrogens with zero attached hydrogens (tertiary/aromatic N) is 4. The van der Waals surface area contributed by atoms with E-state index in [4.69, 9.17) is 17.3 Å². The molecule has 4 rings (SSSR count). The maximum atomic E-state index is 11.5. The number of carbonyl (C=O) groups is 1. The number of aromatic amines is 1. The van der Waals surface area contributed by atoms with Gasteiger partial charge in [-0.2, -0.15) is 10.1 Å².